The van der Waals surface area contributed by atoms with Gasteiger partial charge in [0.25, 0.3) is 0 Å². The third kappa shape index (κ3) is 4.43. The Morgan fingerprint density at radius 3 is 2.62 bits per heavy atom. The second-order valence-corrected chi connectivity index (χ2v) is 7.89. The fourth-order valence-corrected chi connectivity index (χ4v) is 3.77. The highest BCUT2D eigenvalue weighted by Gasteiger charge is 2.17. The first-order chi connectivity index (χ1) is 16.6. The van der Waals surface area contributed by atoms with Gasteiger partial charge in [-0.25, -0.2) is 24.0 Å². The van der Waals surface area contributed by atoms with Gasteiger partial charge >= 0.3 is 0 Å². The van der Waals surface area contributed by atoms with E-state index in [9.17, 15) is 4.39 Å². The van der Waals surface area contributed by atoms with E-state index in [1.807, 2.05) is 55.5 Å². The van der Waals surface area contributed by atoms with E-state index in [1.165, 1.54) is 6.07 Å². The third-order valence-electron chi connectivity index (χ3n) is 5.48. The number of fused-ring (bicyclic) bond motifs is 1. The lowest BCUT2D eigenvalue weighted by Gasteiger charge is -2.09. The van der Waals surface area contributed by atoms with E-state index in [1.54, 1.807) is 30.1 Å². The molecule has 5 aromatic rings. The van der Waals surface area contributed by atoms with Crippen LogP contribution in [0.3, 0.4) is 0 Å². The second-order valence-electron chi connectivity index (χ2n) is 7.89. The fraction of sp³-hybridized carbons (Fsp3) is 0.154. The van der Waals surface area contributed by atoms with Gasteiger partial charge in [-0.3, -0.25) is 0 Å². The smallest absolute Gasteiger partial charge is 0.183 e. The highest BCUT2D eigenvalue weighted by Crippen LogP contribution is 2.26. The molecule has 1 N–H and O–H groups in total. The molecule has 0 aliphatic carbocycles. The molecule has 5 rings (SSSR count). The number of nitrogens with zero attached hydrogens (tertiary/aromatic N) is 5. The van der Waals surface area contributed by atoms with Crippen molar-refractivity contribution in [1.29, 1.82) is 0 Å². The summed E-state index contributed by atoms with van der Waals surface area (Å²) >= 11 is 0. The van der Waals surface area contributed by atoms with E-state index in [-0.39, 0.29) is 12.4 Å². The summed E-state index contributed by atoms with van der Waals surface area (Å²) in [5.74, 6) is 1.72. The number of rotatable bonds is 7. The van der Waals surface area contributed by atoms with Crippen molar-refractivity contribution < 1.29 is 9.13 Å². The maximum absolute atomic E-state index is 14.3. The van der Waals surface area contributed by atoms with E-state index in [0.717, 1.165) is 22.4 Å². The number of aromatic nitrogens is 5. The molecule has 2 aromatic carbocycles. The van der Waals surface area contributed by atoms with Gasteiger partial charge in [0.05, 0.1) is 19.0 Å². The molecule has 0 aliphatic heterocycles. The van der Waals surface area contributed by atoms with Gasteiger partial charge in [-0.15, -0.1) is 0 Å². The van der Waals surface area contributed by atoms with E-state index in [0.29, 0.717) is 35.1 Å². The van der Waals surface area contributed by atoms with Crippen molar-refractivity contribution in [3.05, 3.63) is 95.6 Å². The van der Waals surface area contributed by atoms with Gasteiger partial charge in [0.1, 0.15) is 23.1 Å². The molecular formula is C26H23FN6O. The van der Waals surface area contributed by atoms with Crippen LogP contribution in [0.1, 0.15) is 16.8 Å². The lowest BCUT2D eigenvalue weighted by Crippen LogP contribution is -2.06. The second kappa shape index (κ2) is 9.27. The minimum atomic E-state index is -0.277. The molecule has 0 unspecified atom stereocenters. The van der Waals surface area contributed by atoms with Crippen LogP contribution in [0.4, 0.5) is 10.2 Å². The first kappa shape index (κ1) is 21.5. The summed E-state index contributed by atoms with van der Waals surface area (Å²) in [6.45, 7) is 2.78. The van der Waals surface area contributed by atoms with Crippen molar-refractivity contribution in [2.24, 2.45) is 0 Å². The third-order valence-corrected chi connectivity index (χ3v) is 5.48. The predicted octanol–water partition coefficient (Wildman–Crippen LogP) is 5.00. The molecule has 170 valence electrons. The Hall–Kier alpha value is -4.33. The van der Waals surface area contributed by atoms with Gasteiger partial charge in [-0.2, -0.15) is 5.10 Å². The standard InChI is InChI=1S/C26H23FN6O/c1-17-14-23(29-15-18-9-11-20(34-2)12-10-18)31-25(30-17)24-21-7-5-13-28-26(21)33(32-24)16-19-6-3-4-8-22(19)27/h3-14H,15-16H2,1-2H3,(H,29,30,31). The molecule has 3 heterocycles. The zero-order valence-electron chi connectivity index (χ0n) is 18.9. The number of nitrogens with one attached hydrogen (secondary N) is 1. The van der Waals surface area contributed by atoms with E-state index >= 15 is 0 Å². The van der Waals surface area contributed by atoms with Crippen LogP contribution >= 0.6 is 0 Å². The Morgan fingerprint density at radius 1 is 1.00 bits per heavy atom. The number of hydrogen-bond acceptors (Lipinski definition) is 6. The zero-order chi connectivity index (χ0) is 23.5. The predicted molar refractivity (Wildman–Crippen MR) is 129 cm³/mol. The molecule has 0 bridgehead atoms. The monoisotopic (exact) mass is 454 g/mol. The van der Waals surface area contributed by atoms with Gasteiger partial charge in [-0.05, 0) is 42.8 Å². The van der Waals surface area contributed by atoms with Gasteiger partial charge < -0.3 is 10.1 Å². The van der Waals surface area contributed by atoms with E-state index in [2.05, 4.69) is 15.3 Å². The quantitative estimate of drug-likeness (QED) is 0.373. The molecule has 0 saturated carbocycles. The number of pyridine rings is 1. The Morgan fingerprint density at radius 2 is 1.82 bits per heavy atom. The van der Waals surface area contributed by atoms with Crippen molar-refractivity contribution in [2.75, 3.05) is 12.4 Å². The molecule has 0 saturated heterocycles. The molecular weight excluding hydrogens is 431 g/mol. The molecule has 0 amide bonds. The van der Waals surface area contributed by atoms with Gasteiger partial charge in [-0.1, -0.05) is 30.3 Å². The van der Waals surface area contributed by atoms with Crippen LogP contribution < -0.4 is 10.1 Å². The van der Waals surface area contributed by atoms with Crippen LogP contribution in [0.15, 0.2) is 72.9 Å². The minimum Gasteiger partial charge on any atom is -0.497 e. The number of ether oxygens (including phenoxy) is 1. The zero-order valence-corrected chi connectivity index (χ0v) is 18.9. The maximum Gasteiger partial charge on any atom is 0.183 e. The highest BCUT2D eigenvalue weighted by molar-refractivity contribution is 5.89. The molecule has 7 nitrogen and oxygen atoms in total. The summed E-state index contributed by atoms with van der Waals surface area (Å²) in [7, 11) is 1.65. The molecule has 34 heavy (non-hydrogen) atoms. The lowest BCUT2D eigenvalue weighted by molar-refractivity contribution is 0.414. The average Bonchev–Trinajstić information content (AvgIpc) is 3.23. The summed E-state index contributed by atoms with van der Waals surface area (Å²) < 4.78 is 21.2. The summed E-state index contributed by atoms with van der Waals surface area (Å²) in [5.41, 5.74) is 3.70. The van der Waals surface area contributed by atoms with Crippen molar-refractivity contribution >= 4 is 16.9 Å². The van der Waals surface area contributed by atoms with Crippen LogP contribution in [0.2, 0.25) is 0 Å². The molecule has 0 aliphatic rings. The number of hydrogen-bond donors (Lipinski definition) is 1. The van der Waals surface area contributed by atoms with Crippen LogP contribution in [-0.2, 0) is 13.1 Å². The molecule has 0 fully saturated rings. The van der Waals surface area contributed by atoms with E-state index < -0.39 is 0 Å². The number of anilines is 1. The van der Waals surface area contributed by atoms with Gasteiger partial charge in [0.15, 0.2) is 11.5 Å². The number of halogens is 1. The Bertz CT molecular complexity index is 1450. The van der Waals surface area contributed by atoms with Crippen molar-refractivity contribution in [3.8, 4) is 17.3 Å². The number of aryl methyl sites for hydroxylation is 1. The van der Waals surface area contributed by atoms with Crippen LogP contribution in [0, 0.1) is 12.7 Å². The summed E-state index contributed by atoms with van der Waals surface area (Å²) in [6.07, 6.45) is 1.70. The highest BCUT2D eigenvalue weighted by atomic mass is 19.1. The summed E-state index contributed by atoms with van der Waals surface area (Å²) in [5, 5.41) is 8.91. The first-order valence-electron chi connectivity index (χ1n) is 10.9. The SMILES string of the molecule is COc1ccc(CNc2cc(C)nc(-c3nn(Cc4ccccc4F)c4ncccc34)n2)cc1. The van der Waals surface area contributed by atoms with Crippen LogP contribution in [0.25, 0.3) is 22.6 Å². The van der Waals surface area contributed by atoms with Crippen molar-refractivity contribution in [2.45, 2.75) is 20.0 Å². The number of methoxy groups -OCH3 is 1. The Balaban J connectivity index is 1.47. The topological polar surface area (TPSA) is 77.8 Å². The molecule has 0 atom stereocenters. The first-order valence-corrected chi connectivity index (χ1v) is 10.9. The molecule has 8 heteroatoms. The summed E-state index contributed by atoms with van der Waals surface area (Å²) in [6, 6.07) is 20.2. The average molecular weight is 455 g/mol. The number of benzene rings is 2. The molecule has 0 radical (unpaired) electrons. The molecule has 3 aromatic heterocycles. The van der Waals surface area contributed by atoms with Crippen molar-refractivity contribution in [1.82, 2.24) is 24.7 Å². The van der Waals surface area contributed by atoms with Gasteiger partial charge in [0, 0.05) is 30.1 Å². The Kier molecular flexibility index (Phi) is 5.86. The normalized spacial score (nSPS) is 11.0. The fourth-order valence-electron chi connectivity index (χ4n) is 3.77. The van der Waals surface area contributed by atoms with Crippen molar-refractivity contribution in [3.63, 3.8) is 0 Å². The van der Waals surface area contributed by atoms with E-state index in [4.69, 9.17) is 14.8 Å². The Labute approximate surface area is 196 Å². The maximum atomic E-state index is 14.3. The molecule has 0 spiro atoms. The van der Waals surface area contributed by atoms with Crippen LogP contribution in [0.5, 0.6) is 5.75 Å². The largest absolute Gasteiger partial charge is 0.497 e. The minimum absolute atomic E-state index is 0.259. The van der Waals surface area contributed by atoms with Gasteiger partial charge in [0.2, 0.25) is 0 Å². The van der Waals surface area contributed by atoms with Crippen LogP contribution in [-0.4, -0.2) is 31.8 Å². The lowest BCUT2D eigenvalue weighted by atomic mass is 10.2. The summed E-state index contributed by atoms with van der Waals surface area (Å²) in [4.78, 5) is 13.8.